The van der Waals surface area contributed by atoms with Gasteiger partial charge in [0.1, 0.15) is 5.82 Å². The van der Waals surface area contributed by atoms with Gasteiger partial charge in [-0.15, -0.1) is 0 Å². The number of hydrogen-bond acceptors (Lipinski definition) is 5. The van der Waals surface area contributed by atoms with Gasteiger partial charge in [0, 0.05) is 31.6 Å². The number of rotatable bonds is 4. The average molecular weight is 473 g/mol. The largest absolute Gasteiger partial charge is 0.336 e. The highest BCUT2D eigenvalue weighted by Crippen LogP contribution is 2.21. The van der Waals surface area contributed by atoms with E-state index in [1.807, 2.05) is 13.8 Å². The van der Waals surface area contributed by atoms with E-state index < -0.39 is 15.8 Å². The second-order valence-electron chi connectivity index (χ2n) is 8.24. The molecule has 0 spiro atoms. The van der Waals surface area contributed by atoms with E-state index in [2.05, 4.69) is 5.10 Å². The zero-order chi connectivity index (χ0) is 23.8. The van der Waals surface area contributed by atoms with Crippen LogP contribution in [0.2, 0.25) is 0 Å². The number of fused-ring (bicyclic) bond motifs is 1. The van der Waals surface area contributed by atoms with Crippen molar-refractivity contribution in [1.29, 1.82) is 0 Å². The van der Waals surface area contributed by atoms with E-state index in [0.29, 0.717) is 23.7 Å². The molecular formula is C23H25FN4O4S. The predicted molar refractivity (Wildman–Crippen MR) is 122 cm³/mol. The van der Waals surface area contributed by atoms with Crippen molar-refractivity contribution in [3.63, 3.8) is 0 Å². The molecule has 1 aliphatic heterocycles. The van der Waals surface area contributed by atoms with Gasteiger partial charge in [-0.05, 0) is 50.6 Å². The van der Waals surface area contributed by atoms with Crippen LogP contribution in [0.15, 0.2) is 58.2 Å². The average Bonchev–Trinajstić information content (AvgIpc) is 3.06. The van der Waals surface area contributed by atoms with Crippen molar-refractivity contribution in [2.75, 3.05) is 26.2 Å². The van der Waals surface area contributed by atoms with Crippen LogP contribution in [-0.2, 0) is 10.0 Å². The van der Waals surface area contributed by atoms with Gasteiger partial charge in [-0.2, -0.15) is 9.40 Å². The predicted octanol–water partition coefficient (Wildman–Crippen LogP) is 2.65. The molecule has 1 aromatic heterocycles. The number of carbonyl (C=O) groups is 1. The van der Waals surface area contributed by atoms with E-state index >= 15 is 0 Å². The summed E-state index contributed by atoms with van der Waals surface area (Å²) in [5, 5.41) is 5.27. The maximum absolute atomic E-state index is 13.5. The SMILES string of the molecule is CC(C)n1nc(C(=O)N2CCCN(S(=O)(=O)c3ccc(F)cc3)CC2)c2ccccc2c1=O. The highest BCUT2D eigenvalue weighted by molar-refractivity contribution is 7.89. The molecule has 1 amide bonds. The monoisotopic (exact) mass is 472 g/mol. The fourth-order valence-electron chi connectivity index (χ4n) is 3.96. The van der Waals surface area contributed by atoms with Crippen LogP contribution in [-0.4, -0.2) is 59.5 Å². The Kier molecular flexibility index (Phi) is 6.31. The molecule has 1 aliphatic rings. The maximum atomic E-state index is 13.5. The van der Waals surface area contributed by atoms with Crippen molar-refractivity contribution < 1.29 is 17.6 Å². The van der Waals surface area contributed by atoms with Crippen molar-refractivity contribution in [3.8, 4) is 0 Å². The lowest BCUT2D eigenvalue weighted by Gasteiger charge is -2.22. The number of sulfonamides is 1. The van der Waals surface area contributed by atoms with Gasteiger partial charge in [0.15, 0.2) is 5.69 Å². The molecule has 0 aliphatic carbocycles. The van der Waals surface area contributed by atoms with Crippen LogP contribution in [0.1, 0.15) is 36.8 Å². The summed E-state index contributed by atoms with van der Waals surface area (Å²) < 4.78 is 41.8. The molecule has 2 heterocycles. The van der Waals surface area contributed by atoms with Gasteiger partial charge in [0.25, 0.3) is 11.5 Å². The number of aromatic nitrogens is 2. The normalized spacial score (nSPS) is 15.7. The first-order valence-electron chi connectivity index (χ1n) is 10.8. The summed E-state index contributed by atoms with van der Waals surface area (Å²) in [5.74, 6) is -0.856. The highest BCUT2D eigenvalue weighted by Gasteiger charge is 2.30. The smallest absolute Gasteiger partial charge is 0.274 e. The summed E-state index contributed by atoms with van der Waals surface area (Å²) in [4.78, 5) is 27.8. The fourth-order valence-corrected chi connectivity index (χ4v) is 5.43. The lowest BCUT2D eigenvalue weighted by Crippen LogP contribution is -2.38. The van der Waals surface area contributed by atoms with Crippen LogP contribution < -0.4 is 5.56 Å². The second-order valence-corrected chi connectivity index (χ2v) is 10.2. The van der Waals surface area contributed by atoms with E-state index in [0.717, 1.165) is 12.1 Å². The summed E-state index contributed by atoms with van der Waals surface area (Å²) in [6.07, 6.45) is 0.438. The summed E-state index contributed by atoms with van der Waals surface area (Å²) >= 11 is 0. The van der Waals surface area contributed by atoms with Crippen LogP contribution in [0.4, 0.5) is 4.39 Å². The molecule has 10 heteroatoms. The Balaban J connectivity index is 1.62. The van der Waals surface area contributed by atoms with Crippen molar-refractivity contribution in [2.24, 2.45) is 0 Å². The minimum absolute atomic E-state index is 0.0142. The summed E-state index contributed by atoms with van der Waals surface area (Å²) in [6, 6.07) is 11.3. The third-order valence-corrected chi connectivity index (χ3v) is 7.63. The van der Waals surface area contributed by atoms with E-state index in [4.69, 9.17) is 0 Å². The Morgan fingerprint density at radius 2 is 1.64 bits per heavy atom. The van der Waals surface area contributed by atoms with Gasteiger partial charge >= 0.3 is 0 Å². The third kappa shape index (κ3) is 4.40. The van der Waals surface area contributed by atoms with E-state index in [-0.39, 0.29) is 47.7 Å². The van der Waals surface area contributed by atoms with Crippen LogP contribution >= 0.6 is 0 Å². The Morgan fingerprint density at radius 1 is 0.970 bits per heavy atom. The van der Waals surface area contributed by atoms with E-state index in [1.54, 1.807) is 29.2 Å². The zero-order valence-electron chi connectivity index (χ0n) is 18.4. The number of hydrogen-bond donors (Lipinski definition) is 0. The molecule has 3 aromatic rings. The summed E-state index contributed by atoms with van der Waals surface area (Å²) in [7, 11) is -3.81. The molecule has 1 saturated heterocycles. The molecule has 174 valence electrons. The number of amides is 1. The second kappa shape index (κ2) is 9.03. The molecule has 1 fully saturated rings. The molecule has 4 rings (SSSR count). The fraction of sp³-hybridized carbons (Fsp3) is 0.348. The molecule has 0 unspecified atom stereocenters. The molecular weight excluding hydrogens is 447 g/mol. The Hall–Kier alpha value is -3.11. The molecule has 33 heavy (non-hydrogen) atoms. The van der Waals surface area contributed by atoms with Crippen molar-refractivity contribution in [2.45, 2.75) is 31.2 Å². The number of carbonyl (C=O) groups excluding carboxylic acids is 1. The number of benzene rings is 2. The summed E-state index contributed by atoms with van der Waals surface area (Å²) in [6.45, 7) is 4.51. The topological polar surface area (TPSA) is 92.6 Å². The number of nitrogens with zero attached hydrogens (tertiary/aromatic N) is 4. The quantitative estimate of drug-likeness (QED) is 0.582. The molecule has 8 nitrogen and oxygen atoms in total. The molecule has 0 atom stereocenters. The van der Waals surface area contributed by atoms with Gasteiger partial charge in [-0.1, -0.05) is 18.2 Å². The van der Waals surface area contributed by atoms with Crippen LogP contribution in [0.3, 0.4) is 0 Å². The molecule has 2 aromatic carbocycles. The van der Waals surface area contributed by atoms with Gasteiger partial charge in [0.05, 0.1) is 16.3 Å². The van der Waals surface area contributed by atoms with Crippen LogP contribution in [0.5, 0.6) is 0 Å². The Bertz CT molecular complexity index is 1350. The highest BCUT2D eigenvalue weighted by atomic mass is 32.2. The lowest BCUT2D eigenvalue weighted by molar-refractivity contribution is 0.0757. The van der Waals surface area contributed by atoms with Crippen molar-refractivity contribution >= 4 is 26.7 Å². The Labute approximate surface area is 191 Å². The molecule has 0 radical (unpaired) electrons. The Morgan fingerprint density at radius 3 is 2.30 bits per heavy atom. The van der Waals surface area contributed by atoms with Crippen LogP contribution in [0, 0.1) is 5.82 Å². The standard InChI is InChI=1S/C23H25FN4O4S/c1-16(2)28-22(29)20-7-4-3-6-19(20)21(25-28)23(30)26-12-5-13-27(15-14-26)33(31,32)18-10-8-17(24)9-11-18/h3-4,6-11,16H,5,12-15H2,1-2H3. The molecule has 0 saturated carbocycles. The van der Waals surface area contributed by atoms with Crippen LogP contribution in [0.25, 0.3) is 10.8 Å². The lowest BCUT2D eigenvalue weighted by atomic mass is 10.1. The minimum atomic E-state index is -3.81. The first kappa shape index (κ1) is 23.1. The van der Waals surface area contributed by atoms with Crippen molar-refractivity contribution in [1.82, 2.24) is 19.0 Å². The third-order valence-electron chi connectivity index (χ3n) is 5.71. The molecule has 0 bridgehead atoms. The van der Waals surface area contributed by atoms with Gasteiger partial charge in [-0.25, -0.2) is 17.5 Å². The van der Waals surface area contributed by atoms with E-state index in [9.17, 15) is 22.4 Å². The summed E-state index contributed by atoms with van der Waals surface area (Å²) in [5.41, 5.74) is -0.0849. The first-order valence-corrected chi connectivity index (χ1v) is 12.2. The first-order chi connectivity index (χ1) is 15.7. The maximum Gasteiger partial charge on any atom is 0.274 e. The van der Waals surface area contributed by atoms with Gasteiger partial charge < -0.3 is 4.90 Å². The number of halogens is 1. The van der Waals surface area contributed by atoms with Crippen molar-refractivity contribution in [3.05, 3.63) is 70.4 Å². The van der Waals surface area contributed by atoms with Gasteiger partial charge in [-0.3, -0.25) is 9.59 Å². The zero-order valence-corrected chi connectivity index (χ0v) is 19.3. The van der Waals surface area contributed by atoms with E-state index in [1.165, 1.54) is 21.1 Å². The molecule has 0 N–H and O–H groups in total. The minimum Gasteiger partial charge on any atom is -0.336 e. The van der Waals surface area contributed by atoms with Gasteiger partial charge in [0.2, 0.25) is 10.0 Å².